The van der Waals surface area contributed by atoms with Gasteiger partial charge in [-0.3, -0.25) is 0 Å². The number of pyridine rings is 1. The lowest BCUT2D eigenvalue weighted by atomic mass is 10.3. The molecule has 0 unspecified atom stereocenters. The molecule has 0 aliphatic heterocycles. The Hall–Kier alpha value is -1.59. The summed E-state index contributed by atoms with van der Waals surface area (Å²) in [5, 5.41) is 0.113. The van der Waals surface area contributed by atoms with E-state index < -0.39 is 5.97 Å². The van der Waals surface area contributed by atoms with E-state index in [-0.39, 0.29) is 23.9 Å². The van der Waals surface area contributed by atoms with Gasteiger partial charge in [-0.1, -0.05) is 29.8 Å². The fraction of sp³-hybridized carbons (Fsp3) is 0.143. The summed E-state index contributed by atoms with van der Waals surface area (Å²) in [6, 6.07) is 10.9. The van der Waals surface area contributed by atoms with E-state index in [4.69, 9.17) is 21.1 Å². The Kier molecular flexibility index (Phi) is 5.38. The minimum atomic E-state index is -0.527. The van der Waals surface area contributed by atoms with E-state index in [0.29, 0.717) is 4.47 Å². The fourth-order valence-electron chi connectivity index (χ4n) is 1.45. The average molecular weight is 357 g/mol. The van der Waals surface area contributed by atoms with Gasteiger partial charge in [0.15, 0.2) is 0 Å². The number of esters is 1. The largest absolute Gasteiger partial charge is 0.490 e. The number of para-hydroxylation sites is 1. The van der Waals surface area contributed by atoms with Crippen LogP contribution in [0.4, 0.5) is 0 Å². The Morgan fingerprint density at radius 1 is 1.25 bits per heavy atom. The molecule has 0 bridgehead atoms. The molecular weight excluding hydrogens is 346 g/mol. The van der Waals surface area contributed by atoms with Gasteiger partial charge in [0.1, 0.15) is 24.1 Å². The van der Waals surface area contributed by atoms with Gasteiger partial charge in [0.2, 0.25) is 0 Å². The van der Waals surface area contributed by atoms with Crippen molar-refractivity contribution in [2.75, 3.05) is 13.2 Å². The van der Waals surface area contributed by atoms with E-state index >= 15 is 0 Å². The Balaban J connectivity index is 1.82. The number of nitrogens with zero attached hydrogens (tertiary/aromatic N) is 1. The lowest BCUT2D eigenvalue weighted by Crippen LogP contribution is -2.13. The van der Waals surface area contributed by atoms with E-state index in [1.807, 2.05) is 30.3 Å². The predicted molar refractivity (Wildman–Crippen MR) is 79.2 cm³/mol. The van der Waals surface area contributed by atoms with E-state index in [0.717, 1.165) is 5.75 Å². The van der Waals surface area contributed by atoms with Crippen LogP contribution < -0.4 is 4.74 Å². The molecule has 4 nitrogen and oxygen atoms in total. The van der Waals surface area contributed by atoms with Gasteiger partial charge in [-0.2, -0.15) is 0 Å². The maximum atomic E-state index is 11.8. The highest BCUT2D eigenvalue weighted by Crippen LogP contribution is 2.18. The molecule has 0 amide bonds. The molecular formula is C14H11BrClNO3. The molecule has 0 spiro atoms. The van der Waals surface area contributed by atoms with Gasteiger partial charge in [0.25, 0.3) is 0 Å². The lowest BCUT2D eigenvalue weighted by Gasteiger charge is -2.08. The number of hydrogen-bond donors (Lipinski definition) is 0. The summed E-state index contributed by atoms with van der Waals surface area (Å²) in [5.74, 6) is 0.200. The van der Waals surface area contributed by atoms with Crippen molar-refractivity contribution in [3.8, 4) is 5.75 Å². The third kappa shape index (κ3) is 4.21. The van der Waals surface area contributed by atoms with Gasteiger partial charge < -0.3 is 9.47 Å². The number of halogens is 2. The fourth-order valence-corrected chi connectivity index (χ4v) is 1.97. The molecule has 0 N–H and O–H groups in total. The van der Waals surface area contributed by atoms with Gasteiger partial charge in [-0.05, 0) is 34.1 Å². The van der Waals surface area contributed by atoms with Gasteiger partial charge in [0, 0.05) is 10.7 Å². The number of ether oxygens (including phenoxy) is 2. The molecule has 0 saturated carbocycles. The monoisotopic (exact) mass is 355 g/mol. The molecule has 0 saturated heterocycles. The Bertz CT molecular complexity index is 592. The zero-order valence-electron chi connectivity index (χ0n) is 10.4. The summed E-state index contributed by atoms with van der Waals surface area (Å²) in [6.07, 6.45) is 1.51. The van der Waals surface area contributed by atoms with Crippen LogP contribution in [0.5, 0.6) is 5.75 Å². The average Bonchev–Trinajstić information content (AvgIpc) is 2.47. The van der Waals surface area contributed by atoms with Crippen molar-refractivity contribution in [2.45, 2.75) is 0 Å². The number of carbonyl (C=O) groups excluding carboxylic acids is 1. The van der Waals surface area contributed by atoms with Gasteiger partial charge in [-0.25, -0.2) is 9.78 Å². The van der Waals surface area contributed by atoms with Crippen molar-refractivity contribution in [3.05, 3.63) is 57.8 Å². The first-order valence-corrected chi connectivity index (χ1v) is 7.00. The number of carbonyl (C=O) groups is 1. The number of benzene rings is 1. The smallest absolute Gasteiger partial charge is 0.341 e. The number of rotatable bonds is 5. The van der Waals surface area contributed by atoms with Crippen LogP contribution in [0.2, 0.25) is 5.15 Å². The molecule has 2 rings (SSSR count). The lowest BCUT2D eigenvalue weighted by molar-refractivity contribution is 0.0450. The van der Waals surface area contributed by atoms with Crippen molar-refractivity contribution >= 4 is 33.5 Å². The van der Waals surface area contributed by atoms with Gasteiger partial charge in [-0.15, -0.1) is 0 Å². The Morgan fingerprint density at radius 2 is 2.00 bits per heavy atom. The van der Waals surface area contributed by atoms with Crippen LogP contribution in [0.25, 0.3) is 0 Å². The maximum absolute atomic E-state index is 11.8. The second-order valence-electron chi connectivity index (χ2n) is 3.79. The van der Waals surface area contributed by atoms with Crippen molar-refractivity contribution < 1.29 is 14.3 Å². The summed E-state index contributed by atoms with van der Waals surface area (Å²) in [4.78, 5) is 15.7. The molecule has 104 valence electrons. The van der Waals surface area contributed by atoms with Crippen LogP contribution in [-0.2, 0) is 4.74 Å². The zero-order chi connectivity index (χ0) is 14.4. The molecule has 20 heavy (non-hydrogen) atoms. The van der Waals surface area contributed by atoms with Crippen LogP contribution >= 0.6 is 27.5 Å². The minimum Gasteiger partial charge on any atom is -0.490 e. The summed E-state index contributed by atoms with van der Waals surface area (Å²) < 4.78 is 11.1. The molecule has 1 aromatic heterocycles. The second-order valence-corrected chi connectivity index (χ2v) is 5.06. The molecule has 0 fully saturated rings. The van der Waals surface area contributed by atoms with E-state index in [1.165, 1.54) is 6.20 Å². The summed E-state index contributed by atoms with van der Waals surface area (Å²) >= 11 is 9.06. The molecule has 1 aromatic carbocycles. The second kappa shape index (κ2) is 7.26. The maximum Gasteiger partial charge on any atom is 0.341 e. The highest BCUT2D eigenvalue weighted by atomic mass is 79.9. The molecule has 0 radical (unpaired) electrons. The number of aromatic nitrogens is 1. The van der Waals surface area contributed by atoms with Crippen LogP contribution in [0.3, 0.4) is 0 Å². The first-order valence-electron chi connectivity index (χ1n) is 5.83. The van der Waals surface area contributed by atoms with Crippen LogP contribution in [0.15, 0.2) is 47.1 Å². The van der Waals surface area contributed by atoms with Crippen LogP contribution in [-0.4, -0.2) is 24.2 Å². The molecule has 2 aromatic rings. The third-order valence-electron chi connectivity index (χ3n) is 2.35. The van der Waals surface area contributed by atoms with Crippen LogP contribution in [0, 0.1) is 0 Å². The van der Waals surface area contributed by atoms with Crippen molar-refractivity contribution in [3.63, 3.8) is 0 Å². The van der Waals surface area contributed by atoms with E-state index in [2.05, 4.69) is 20.9 Å². The predicted octanol–water partition coefficient (Wildman–Crippen LogP) is 3.73. The summed E-state index contributed by atoms with van der Waals surface area (Å²) in [6.45, 7) is 0.408. The topological polar surface area (TPSA) is 48.4 Å². The highest BCUT2D eigenvalue weighted by molar-refractivity contribution is 9.10. The van der Waals surface area contributed by atoms with Gasteiger partial charge >= 0.3 is 5.97 Å². The zero-order valence-corrected chi connectivity index (χ0v) is 12.7. The minimum absolute atomic E-state index is 0.113. The first kappa shape index (κ1) is 14.8. The normalized spacial score (nSPS) is 10.1. The summed E-state index contributed by atoms with van der Waals surface area (Å²) in [7, 11) is 0. The van der Waals surface area contributed by atoms with Crippen molar-refractivity contribution in [2.24, 2.45) is 0 Å². The molecule has 0 aliphatic rings. The SMILES string of the molecule is O=C(OCCOc1ccccc1)c1cc(Br)cnc1Cl. The quantitative estimate of drug-likeness (QED) is 0.465. The Morgan fingerprint density at radius 3 is 2.75 bits per heavy atom. The molecule has 0 aliphatic carbocycles. The van der Waals surface area contributed by atoms with Gasteiger partial charge in [0.05, 0.1) is 5.56 Å². The molecule has 1 heterocycles. The Labute approximate surface area is 129 Å². The molecule has 6 heteroatoms. The van der Waals surface area contributed by atoms with Crippen LogP contribution in [0.1, 0.15) is 10.4 Å². The number of hydrogen-bond acceptors (Lipinski definition) is 4. The highest BCUT2D eigenvalue weighted by Gasteiger charge is 2.13. The van der Waals surface area contributed by atoms with Crippen molar-refractivity contribution in [1.82, 2.24) is 4.98 Å². The summed E-state index contributed by atoms with van der Waals surface area (Å²) in [5.41, 5.74) is 0.223. The standard InChI is InChI=1S/C14H11BrClNO3/c15-10-8-12(13(16)17-9-10)14(18)20-7-6-19-11-4-2-1-3-5-11/h1-5,8-9H,6-7H2. The van der Waals surface area contributed by atoms with E-state index in [9.17, 15) is 4.79 Å². The van der Waals surface area contributed by atoms with E-state index in [1.54, 1.807) is 6.07 Å². The first-order chi connectivity index (χ1) is 9.66. The molecule has 0 atom stereocenters. The van der Waals surface area contributed by atoms with Crippen molar-refractivity contribution in [1.29, 1.82) is 0 Å². The third-order valence-corrected chi connectivity index (χ3v) is 3.09.